The van der Waals surface area contributed by atoms with Crippen molar-refractivity contribution >= 4 is 27.4 Å². The number of piperidine rings is 1. The molecule has 2 aromatic rings. The van der Waals surface area contributed by atoms with E-state index in [1.807, 2.05) is 0 Å². The Kier molecular flexibility index (Phi) is 2.91. The van der Waals surface area contributed by atoms with E-state index in [0.717, 1.165) is 17.4 Å². The van der Waals surface area contributed by atoms with Gasteiger partial charge in [0, 0.05) is 13.1 Å². The smallest absolute Gasteiger partial charge is 0.150 e. The first-order valence-corrected chi connectivity index (χ1v) is 8.23. The van der Waals surface area contributed by atoms with Crippen molar-refractivity contribution in [2.75, 3.05) is 18.0 Å². The molecule has 0 spiro atoms. The Morgan fingerprint density at radius 2 is 2.00 bits per heavy atom. The lowest BCUT2D eigenvalue weighted by Crippen LogP contribution is -2.42. The standard InChI is InChI=1S/C15H19N3S/c1-2-4-12-9-18(7-5-11(12)3-1)15-14-13(6-8-19-14)16-10-17-15/h6,8,10-12H,1-5,7,9H2/t11-,12-/m0/s1. The maximum absolute atomic E-state index is 4.57. The average Bonchev–Trinajstić information content (AvgIpc) is 2.95. The second kappa shape index (κ2) is 4.75. The number of anilines is 1. The number of hydrogen-bond donors (Lipinski definition) is 0. The first-order valence-electron chi connectivity index (χ1n) is 7.35. The fourth-order valence-electron chi connectivity index (χ4n) is 3.79. The van der Waals surface area contributed by atoms with E-state index in [0.29, 0.717) is 0 Å². The van der Waals surface area contributed by atoms with Gasteiger partial charge in [0.2, 0.25) is 0 Å². The van der Waals surface area contributed by atoms with Crippen LogP contribution >= 0.6 is 11.3 Å². The second-order valence-electron chi connectivity index (χ2n) is 5.87. The Hall–Kier alpha value is -1.16. The summed E-state index contributed by atoms with van der Waals surface area (Å²) in [4.78, 5) is 11.4. The van der Waals surface area contributed by atoms with Crippen LogP contribution in [0.1, 0.15) is 32.1 Å². The maximum Gasteiger partial charge on any atom is 0.150 e. The summed E-state index contributed by atoms with van der Waals surface area (Å²) in [7, 11) is 0. The molecule has 0 N–H and O–H groups in total. The molecule has 3 heterocycles. The molecule has 4 heteroatoms. The van der Waals surface area contributed by atoms with Crippen LogP contribution in [0.15, 0.2) is 17.8 Å². The summed E-state index contributed by atoms with van der Waals surface area (Å²) in [5.41, 5.74) is 1.10. The minimum Gasteiger partial charge on any atom is -0.355 e. The van der Waals surface area contributed by atoms with Crippen LogP contribution < -0.4 is 4.90 Å². The summed E-state index contributed by atoms with van der Waals surface area (Å²) in [6, 6.07) is 2.10. The lowest BCUT2D eigenvalue weighted by molar-refractivity contribution is 0.202. The lowest BCUT2D eigenvalue weighted by Gasteiger charge is -2.41. The van der Waals surface area contributed by atoms with Crippen LogP contribution in [-0.2, 0) is 0 Å². The highest BCUT2D eigenvalue weighted by Crippen LogP contribution is 2.38. The van der Waals surface area contributed by atoms with Crippen molar-refractivity contribution in [3.8, 4) is 0 Å². The van der Waals surface area contributed by atoms with Gasteiger partial charge < -0.3 is 4.90 Å². The summed E-state index contributed by atoms with van der Waals surface area (Å²) < 4.78 is 1.26. The van der Waals surface area contributed by atoms with Gasteiger partial charge in [-0.25, -0.2) is 9.97 Å². The van der Waals surface area contributed by atoms with Crippen LogP contribution in [0, 0.1) is 11.8 Å². The molecule has 2 fully saturated rings. The minimum absolute atomic E-state index is 0.896. The van der Waals surface area contributed by atoms with Crippen molar-refractivity contribution in [1.82, 2.24) is 9.97 Å². The molecule has 1 saturated heterocycles. The minimum atomic E-state index is 0.896. The molecule has 3 nitrogen and oxygen atoms in total. The molecule has 2 atom stereocenters. The number of nitrogens with zero attached hydrogens (tertiary/aromatic N) is 3. The largest absolute Gasteiger partial charge is 0.355 e. The molecule has 0 amide bonds. The van der Waals surface area contributed by atoms with Crippen LogP contribution in [0.4, 0.5) is 5.82 Å². The summed E-state index contributed by atoms with van der Waals surface area (Å²) in [5, 5.41) is 2.12. The molecule has 0 unspecified atom stereocenters. The third kappa shape index (κ3) is 2.02. The van der Waals surface area contributed by atoms with E-state index < -0.39 is 0 Å². The van der Waals surface area contributed by atoms with Gasteiger partial charge in [-0.05, 0) is 36.1 Å². The summed E-state index contributed by atoms with van der Waals surface area (Å²) in [6.07, 6.45) is 8.81. The van der Waals surface area contributed by atoms with Crippen molar-refractivity contribution < 1.29 is 0 Å². The van der Waals surface area contributed by atoms with Crippen LogP contribution in [0.25, 0.3) is 10.2 Å². The topological polar surface area (TPSA) is 29.0 Å². The van der Waals surface area contributed by atoms with Gasteiger partial charge in [0.1, 0.15) is 12.1 Å². The van der Waals surface area contributed by atoms with Crippen molar-refractivity contribution in [2.45, 2.75) is 32.1 Å². The Morgan fingerprint density at radius 1 is 1.11 bits per heavy atom. The van der Waals surface area contributed by atoms with E-state index in [1.165, 1.54) is 55.7 Å². The predicted molar refractivity (Wildman–Crippen MR) is 79.7 cm³/mol. The molecule has 1 saturated carbocycles. The molecule has 4 rings (SSSR count). The average molecular weight is 273 g/mol. The van der Waals surface area contributed by atoms with Crippen molar-refractivity contribution in [2.24, 2.45) is 11.8 Å². The molecule has 19 heavy (non-hydrogen) atoms. The first kappa shape index (κ1) is 11.6. The second-order valence-corrected chi connectivity index (χ2v) is 6.79. The molecular weight excluding hydrogens is 254 g/mol. The number of fused-ring (bicyclic) bond motifs is 2. The van der Waals surface area contributed by atoms with Crippen LogP contribution in [0.3, 0.4) is 0 Å². The third-order valence-corrected chi connectivity index (χ3v) is 5.71. The zero-order valence-electron chi connectivity index (χ0n) is 11.1. The molecular formula is C15H19N3S. The normalized spacial score (nSPS) is 27.5. The number of hydrogen-bond acceptors (Lipinski definition) is 4. The van der Waals surface area contributed by atoms with E-state index in [-0.39, 0.29) is 0 Å². The maximum atomic E-state index is 4.57. The third-order valence-electron chi connectivity index (χ3n) is 4.82. The highest BCUT2D eigenvalue weighted by atomic mass is 32.1. The fourth-order valence-corrected chi connectivity index (χ4v) is 4.66. The summed E-state index contributed by atoms with van der Waals surface area (Å²) in [5.74, 6) is 3.04. The van der Waals surface area contributed by atoms with Crippen LogP contribution in [0.2, 0.25) is 0 Å². The first-order chi connectivity index (χ1) is 9.42. The van der Waals surface area contributed by atoms with E-state index in [1.54, 1.807) is 17.7 Å². The van der Waals surface area contributed by atoms with Crippen LogP contribution in [0.5, 0.6) is 0 Å². The van der Waals surface area contributed by atoms with Gasteiger partial charge in [0.15, 0.2) is 0 Å². The van der Waals surface area contributed by atoms with Gasteiger partial charge in [-0.2, -0.15) is 0 Å². The van der Waals surface area contributed by atoms with E-state index >= 15 is 0 Å². The highest BCUT2D eigenvalue weighted by Gasteiger charge is 2.32. The predicted octanol–water partition coefficient (Wildman–Crippen LogP) is 3.71. The van der Waals surface area contributed by atoms with Gasteiger partial charge in [-0.1, -0.05) is 19.3 Å². The zero-order chi connectivity index (χ0) is 12.7. The Balaban J connectivity index is 1.64. The van der Waals surface area contributed by atoms with Gasteiger partial charge >= 0.3 is 0 Å². The lowest BCUT2D eigenvalue weighted by atomic mass is 9.75. The fraction of sp³-hybridized carbons (Fsp3) is 0.600. The van der Waals surface area contributed by atoms with Crippen molar-refractivity contribution in [3.63, 3.8) is 0 Å². The van der Waals surface area contributed by atoms with Crippen molar-refractivity contribution in [3.05, 3.63) is 17.8 Å². The number of thiophene rings is 1. The highest BCUT2D eigenvalue weighted by molar-refractivity contribution is 7.17. The Morgan fingerprint density at radius 3 is 2.95 bits per heavy atom. The molecule has 0 aromatic carbocycles. The van der Waals surface area contributed by atoms with Gasteiger partial charge in [0.05, 0.1) is 10.2 Å². The molecule has 1 aliphatic heterocycles. The van der Waals surface area contributed by atoms with E-state index in [2.05, 4.69) is 26.3 Å². The Bertz CT molecular complexity index is 580. The monoisotopic (exact) mass is 273 g/mol. The molecule has 100 valence electrons. The van der Waals surface area contributed by atoms with Gasteiger partial charge in [-0.3, -0.25) is 0 Å². The molecule has 2 aliphatic rings. The van der Waals surface area contributed by atoms with E-state index in [9.17, 15) is 0 Å². The Labute approximate surface area is 117 Å². The molecule has 2 aromatic heterocycles. The zero-order valence-corrected chi connectivity index (χ0v) is 11.9. The molecule has 1 aliphatic carbocycles. The van der Waals surface area contributed by atoms with Gasteiger partial charge in [0.25, 0.3) is 0 Å². The van der Waals surface area contributed by atoms with Gasteiger partial charge in [-0.15, -0.1) is 11.3 Å². The summed E-state index contributed by atoms with van der Waals surface area (Å²) >= 11 is 1.77. The summed E-state index contributed by atoms with van der Waals surface area (Å²) in [6.45, 7) is 2.37. The SMILES string of the molecule is c1nc(N2CC[C@@H]3CCCC[C@H]3C2)c2sccc2n1. The number of rotatable bonds is 1. The molecule has 0 radical (unpaired) electrons. The molecule has 0 bridgehead atoms. The van der Waals surface area contributed by atoms with Crippen molar-refractivity contribution in [1.29, 1.82) is 0 Å². The van der Waals surface area contributed by atoms with Crippen LogP contribution in [-0.4, -0.2) is 23.1 Å². The quantitative estimate of drug-likeness (QED) is 0.793. The number of aromatic nitrogens is 2. The van der Waals surface area contributed by atoms with E-state index in [4.69, 9.17) is 0 Å².